The second kappa shape index (κ2) is 9.47. The summed E-state index contributed by atoms with van der Waals surface area (Å²) in [4.78, 5) is 12.5. The van der Waals surface area contributed by atoms with E-state index in [-0.39, 0.29) is 12.0 Å². The van der Waals surface area contributed by atoms with E-state index in [9.17, 15) is 4.79 Å². The largest absolute Gasteiger partial charge is 0.491 e. The number of carbonyl (C=O) groups excluding carboxylic acids is 1. The Labute approximate surface area is 187 Å². The maximum absolute atomic E-state index is 12.5. The van der Waals surface area contributed by atoms with Crippen molar-refractivity contribution in [3.05, 3.63) is 89.5 Å². The molecule has 6 heteroatoms. The second-order valence-corrected chi connectivity index (χ2v) is 7.85. The van der Waals surface area contributed by atoms with Crippen molar-refractivity contribution in [1.29, 1.82) is 0 Å². The Morgan fingerprint density at radius 1 is 0.938 bits per heavy atom. The summed E-state index contributed by atoms with van der Waals surface area (Å²) in [6.45, 7) is 6.43. The van der Waals surface area contributed by atoms with E-state index in [1.807, 2.05) is 69.3 Å². The Morgan fingerprint density at radius 3 is 2.28 bits per heavy atom. The summed E-state index contributed by atoms with van der Waals surface area (Å²) in [6.07, 6.45) is 0.129. The van der Waals surface area contributed by atoms with Crippen LogP contribution in [0.2, 0.25) is 0 Å². The predicted molar refractivity (Wildman–Crippen MR) is 123 cm³/mol. The van der Waals surface area contributed by atoms with Crippen LogP contribution in [0.5, 0.6) is 5.75 Å². The van der Waals surface area contributed by atoms with Gasteiger partial charge in [-0.2, -0.15) is 0 Å². The van der Waals surface area contributed by atoms with Crippen molar-refractivity contribution in [3.63, 3.8) is 0 Å². The maximum atomic E-state index is 12.5. The quantitative estimate of drug-likeness (QED) is 0.426. The molecule has 162 valence electrons. The Kier molecular flexibility index (Phi) is 6.31. The minimum Gasteiger partial charge on any atom is -0.491 e. The van der Waals surface area contributed by atoms with Crippen LogP contribution in [0.1, 0.15) is 35.3 Å². The van der Waals surface area contributed by atoms with Gasteiger partial charge in [-0.15, -0.1) is 10.2 Å². The average Bonchev–Trinajstić information content (AvgIpc) is 3.29. The van der Waals surface area contributed by atoms with Crippen LogP contribution in [0.25, 0.3) is 22.9 Å². The van der Waals surface area contributed by atoms with Gasteiger partial charge in [0.15, 0.2) is 0 Å². The van der Waals surface area contributed by atoms with Crippen molar-refractivity contribution >= 4 is 5.91 Å². The number of amides is 1. The number of hydrogen-bond donors (Lipinski definition) is 1. The molecule has 0 aliphatic rings. The van der Waals surface area contributed by atoms with Gasteiger partial charge in [-0.1, -0.05) is 29.8 Å². The normalized spacial score (nSPS) is 10.9. The van der Waals surface area contributed by atoms with Crippen molar-refractivity contribution in [2.75, 3.05) is 0 Å². The van der Waals surface area contributed by atoms with Gasteiger partial charge in [0.1, 0.15) is 5.75 Å². The van der Waals surface area contributed by atoms with Crippen molar-refractivity contribution in [2.24, 2.45) is 0 Å². The van der Waals surface area contributed by atoms with Gasteiger partial charge in [0, 0.05) is 23.2 Å². The Morgan fingerprint density at radius 2 is 1.62 bits per heavy atom. The summed E-state index contributed by atoms with van der Waals surface area (Å²) < 4.78 is 11.5. The van der Waals surface area contributed by atoms with Crippen LogP contribution in [-0.4, -0.2) is 22.2 Å². The van der Waals surface area contributed by atoms with E-state index in [4.69, 9.17) is 9.15 Å². The highest BCUT2D eigenvalue weighted by atomic mass is 16.5. The van der Waals surface area contributed by atoms with Crippen LogP contribution >= 0.6 is 0 Å². The average molecular weight is 428 g/mol. The number of hydrogen-bond acceptors (Lipinski definition) is 5. The molecule has 4 aromatic rings. The molecule has 32 heavy (non-hydrogen) atoms. The number of ether oxygens (including phenoxy) is 1. The first-order valence-electron chi connectivity index (χ1n) is 10.5. The number of benzene rings is 3. The molecule has 0 spiro atoms. The highest BCUT2D eigenvalue weighted by Crippen LogP contribution is 2.24. The molecule has 0 saturated carbocycles. The molecule has 3 aromatic carbocycles. The molecule has 0 aliphatic carbocycles. The Bertz CT molecular complexity index is 1200. The Hall–Kier alpha value is -3.93. The number of carbonyl (C=O) groups is 1. The summed E-state index contributed by atoms with van der Waals surface area (Å²) >= 11 is 0. The van der Waals surface area contributed by atoms with E-state index < -0.39 is 0 Å². The topological polar surface area (TPSA) is 77.2 Å². The van der Waals surface area contributed by atoms with Gasteiger partial charge in [0.05, 0.1) is 6.10 Å². The van der Waals surface area contributed by atoms with Crippen molar-refractivity contribution in [2.45, 2.75) is 33.4 Å². The molecular weight excluding hydrogens is 402 g/mol. The van der Waals surface area contributed by atoms with Gasteiger partial charge >= 0.3 is 0 Å². The second-order valence-electron chi connectivity index (χ2n) is 7.85. The van der Waals surface area contributed by atoms with Crippen molar-refractivity contribution < 1.29 is 13.9 Å². The lowest BCUT2D eigenvalue weighted by molar-refractivity contribution is 0.0951. The zero-order valence-electron chi connectivity index (χ0n) is 18.3. The summed E-state index contributed by atoms with van der Waals surface area (Å²) in [5, 5.41) is 11.2. The monoisotopic (exact) mass is 427 g/mol. The smallest absolute Gasteiger partial charge is 0.251 e. The van der Waals surface area contributed by atoms with Gasteiger partial charge in [0.25, 0.3) is 5.91 Å². The van der Waals surface area contributed by atoms with Gasteiger partial charge in [-0.25, -0.2) is 0 Å². The lowest BCUT2D eigenvalue weighted by Crippen LogP contribution is -2.22. The zero-order valence-corrected chi connectivity index (χ0v) is 18.3. The van der Waals surface area contributed by atoms with Crippen molar-refractivity contribution in [1.82, 2.24) is 15.5 Å². The molecule has 1 heterocycles. The molecule has 4 rings (SSSR count). The lowest BCUT2D eigenvalue weighted by atomic mass is 10.1. The van der Waals surface area contributed by atoms with Crippen LogP contribution < -0.4 is 10.1 Å². The summed E-state index contributed by atoms with van der Waals surface area (Å²) in [6, 6.07) is 22.7. The molecule has 1 aromatic heterocycles. The molecule has 0 radical (unpaired) electrons. The molecular formula is C26H25N3O3. The van der Waals surface area contributed by atoms with Gasteiger partial charge in [-0.05, 0) is 74.9 Å². The fourth-order valence-corrected chi connectivity index (χ4v) is 3.24. The first-order valence-corrected chi connectivity index (χ1v) is 10.5. The van der Waals surface area contributed by atoms with Crippen LogP contribution in [0.3, 0.4) is 0 Å². The zero-order chi connectivity index (χ0) is 22.5. The summed E-state index contributed by atoms with van der Waals surface area (Å²) in [7, 11) is 0. The molecule has 0 saturated heterocycles. The third-order valence-corrected chi connectivity index (χ3v) is 4.83. The molecule has 0 bridgehead atoms. The summed E-state index contributed by atoms with van der Waals surface area (Å²) in [5.74, 6) is 1.55. The molecule has 0 unspecified atom stereocenters. The van der Waals surface area contributed by atoms with E-state index in [0.29, 0.717) is 23.9 Å². The first-order chi connectivity index (χ1) is 15.5. The molecule has 1 amide bonds. The van der Waals surface area contributed by atoms with E-state index >= 15 is 0 Å². The van der Waals surface area contributed by atoms with E-state index in [1.54, 1.807) is 24.3 Å². The van der Waals surface area contributed by atoms with E-state index in [0.717, 1.165) is 28.0 Å². The molecule has 0 aliphatic heterocycles. The van der Waals surface area contributed by atoms with Crippen LogP contribution in [0.4, 0.5) is 0 Å². The van der Waals surface area contributed by atoms with E-state index in [2.05, 4.69) is 15.5 Å². The fourth-order valence-electron chi connectivity index (χ4n) is 3.24. The van der Waals surface area contributed by atoms with Crippen molar-refractivity contribution in [3.8, 4) is 28.7 Å². The van der Waals surface area contributed by atoms with E-state index in [1.165, 1.54) is 0 Å². The molecule has 0 fully saturated rings. The molecule has 0 atom stereocenters. The SMILES string of the molecule is Cc1cccc(-c2nnc(-c3ccc(C(=O)NCc4ccc(OC(C)C)cc4)cc3)o2)c1. The number of rotatable bonds is 7. The fraction of sp³-hybridized carbons (Fsp3) is 0.192. The predicted octanol–water partition coefficient (Wildman–Crippen LogP) is 5.43. The molecule has 1 N–H and O–H groups in total. The van der Waals surface area contributed by atoms with Crippen LogP contribution in [0, 0.1) is 6.92 Å². The van der Waals surface area contributed by atoms with Crippen LogP contribution in [0.15, 0.2) is 77.2 Å². The third kappa shape index (κ3) is 5.21. The first kappa shape index (κ1) is 21.3. The minimum atomic E-state index is -0.148. The number of aryl methyl sites for hydroxylation is 1. The number of nitrogens with one attached hydrogen (secondary N) is 1. The summed E-state index contributed by atoms with van der Waals surface area (Å²) in [5.41, 5.74) is 4.32. The third-order valence-electron chi connectivity index (χ3n) is 4.83. The standard InChI is InChI=1S/C26H25N3O3/c1-17(2)31-23-13-7-19(8-14-23)16-27-24(30)20-9-11-21(12-10-20)25-28-29-26(32-25)22-6-4-5-18(3)15-22/h4-15,17H,16H2,1-3H3,(H,27,30). The lowest BCUT2D eigenvalue weighted by Gasteiger charge is -2.10. The molecule has 6 nitrogen and oxygen atoms in total. The Balaban J connectivity index is 1.38. The highest BCUT2D eigenvalue weighted by Gasteiger charge is 2.12. The maximum Gasteiger partial charge on any atom is 0.251 e. The van der Waals surface area contributed by atoms with Crippen LogP contribution in [-0.2, 0) is 6.54 Å². The highest BCUT2D eigenvalue weighted by molar-refractivity contribution is 5.94. The number of nitrogens with zero attached hydrogens (tertiary/aromatic N) is 2. The van der Waals surface area contributed by atoms with Gasteiger partial charge in [0.2, 0.25) is 11.8 Å². The van der Waals surface area contributed by atoms with Gasteiger partial charge in [-0.3, -0.25) is 4.79 Å². The minimum absolute atomic E-state index is 0.129. The van der Waals surface area contributed by atoms with Gasteiger partial charge < -0.3 is 14.5 Å². The number of aromatic nitrogens is 2.